The van der Waals surface area contributed by atoms with Crippen molar-refractivity contribution < 1.29 is 4.74 Å². The minimum Gasteiger partial charge on any atom is -0.463 e. The third-order valence-corrected chi connectivity index (χ3v) is 3.68. The van der Waals surface area contributed by atoms with Gasteiger partial charge in [-0.25, -0.2) is 9.97 Å². The Labute approximate surface area is 116 Å². The number of hydrogen-bond acceptors (Lipinski definition) is 4. The molecule has 1 heterocycles. The van der Waals surface area contributed by atoms with Crippen LogP contribution >= 0.6 is 0 Å². The molecule has 1 aliphatic rings. The lowest BCUT2D eigenvalue weighted by atomic mass is 10.1. The lowest BCUT2D eigenvalue weighted by Gasteiger charge is -2.12. The molecule has 2 rings (SSSR count). The number of ether oxygens (including phenoxy) is 1. The Hall–Kier alpha value is -1.16. The first-order valence-electron chi connectivity index (χ1n) is 7.34. The van der Waals surface area contributed by atoms with E-state index >= 15 is 0 Å². The van der Waals surface area contributed by atoms with Crippen molar-refractivity contribution in [3.63, 3.8) is 0 Å². The fraction of sp³-hybridized carbons (Fsp3) is 0.733. The van der Waals surface area contributed by atoms with Gasteiger partial charge in [-0.1, -0.05) is 26.7 Å². The lowest BCUT2D eigenvalue weighted by molar-refractivity contribution is 0.233. The Morgan fingerprint density at radius 3 is 2.74 bits per heavy atom. The van der Waals surface area contributed by atoms with E-state index < -0.39 is 0 Å². The predicted molar refractivity (Wildman–Crippen MR) is 76.2 cm³/mol. The van der Waals surface area contributed by atoms with Gasteiger partial charge in [0.2, 0.25) is 0 Å². The first-order valence-corrected chi connectivity index (χ1v) is 7.34. The number of aryl methyl sites for hydroxylation is 1. The van der Waals surface area contributed by atoms with Crippen LogP contribution in [0, 0.1) is 12.8 Å². The summed E-state index contributed by atoms with van der Waals surface area (Å²) in [6, 6.07) is 0.996. The molecule has 1 fully saturated rings. The summed E-state index contributed by atoms with van der Waals surface area (Å²) in [5.41, 5.74) is 2.14. The van der Waals surface area contributed by atoms with E-state index in [1.54, 1.807) is 0 Å². The maximum atomic E-state index is 5.71. The van der Waals surface area contributed by atoms with Gasteiger partial charge in [0.25, 0.3) is 0 Å². The van der Waals surface area contributed by atoms with Crippen LogP contribution in [0.4, 0.5) is 0 Å². The molecule has 0 amide bonds. The largest absolute Gasteiger partial charge is 0.463 e. The summed E-state index contributed by atoms with van der Waals surface area (Å²) in [7, 11) is 0. The molecule has 0 bridgehead atoms. The Kier molecular flexibility index (Phi) is 5.14. The number of nitrogens with zero attached hydrogens (tertiary/aromatic N) is 2. The van der Waals surface area contributed by atoms with E-state index in [2.05, 4.69) is 29.1 Å². The van der Waals surface area contributed by atoms with E-state index in [4.69, 9.17) is 4.74 Å². The molecule has 1 aliphatic carbocycles. The lowest BCUT2D eigenvalue weighted by Crippen LogP contribution is -2.22. The van der Waals surface area contributed by atoms with Crippen LogP contribution in [0.2, 0.25) is 0 Å². The highest BCUT2D eigenvalue weighted by Crippen LogP contribution is 2.25. The van der Waals surface area contributed by atoms with Crippen LogP contribution in [0.3, 0.4) is 0 Å². The van der Waals surface area contributed by atoms with Crippen LogP contribution in [-0.2, 0) is 6.54 Å². The molecule has 0 atom stereocenters. The van der Waals surface area contributed by atoms with Gasteiger partial charge in [0.15, 0.2) is 0 Å². The standard InChI is InChI=1S/C15H25N3O/c1-11(2)16-8-14-9-17-15(18-12(14)3)19-10-13-6-4-5-7-13/h9,11,13,16H,4-8,10H2,1-3H3. The quantitative estimate of drug-likeness (QED) is 0.857. The SMILES string of the molecule is Cc1nc(OCC2CCCC2)ncc1CNC(C)C. The summed E-state index contributed by atoms with van der Waals surface area (Å²) >= 11 is 0. The highest BCUT2D eigenvalue weighted by atomic mass is 16.5. The smallest absolute Gasteiger partial charge is 0.316 e. The van der Waals surface area contributed by atoms with Gasteiger partial charge in [0, 0.05) is 30.0 Å². The van der Waals surface area contributed by atoms with Crippen molar-refractivity contribution in [3.05, 3.63) is 17.5 Å². The molecule has 0 aliphatic heterocycles. The molecule has 1 saturated carbocycles. The second kappa shape index (κ2) is 6.85. The van der Waals surface area contributed by atoms with Gasteiger partial charge < -0.3 is 10.1 Å². The zero-order valence-electron chi connectivity index (χ0n) is 12.3. The number of aromatic nitrogens is 2. The maximum Gasteiger partial charge on any atom is 0.316 e. The predicted octanol–water partition coefficient (Wildman–Crippen LogP) is 2.85. The summed E-state index contributed by atoms with van der Waals surface area (Å²) in [6.45, 7) is 7.86. The molecule has 106 valence electrons. The molecule has 0 aromatic carbocycles. The molecule has 0 radical (unpaired) electrons. The molecule has 0 saturated heterocycles. The van der Waals surface area contributed by atoms with Crippen molar-refractivity contribution in [3.8, 4) is 6.01 Å². The minimum atomic E-state index is 0.470. The summed E-state index contributed by atoms with van der Waals surface area (Å²) in [6.07, 6.45) is 7.13. The monoisotopic (exact) mass is 263 g/mol. The number of hydrogen-bond donors (Lipinski definition) is 1. The van der Waals surface area contributed by atoms with Gasteiger partial charge in [0.1, 0.15) is 0 Å². The Bertz CT molecular complexity index is 400. The van der Waals surface area contributed by atoms with Gasteiger partial charge in [-0.2, -0.15) is 0 Å². The van der Waals surface area contributed by atoms with Gasteiger partial charge in [-0.15, -0.1) is 0 Å². The average molecular weight is 263 g/mol. The fourth-order valence-corrected chi connectivity index (χ4v) is 2.40. The van der Waals surface area contributed by atoms with Crippen molar-refractivity contribution in [1.82, 2.24) is 15.3 Å². The molecule has 1 N–H and O–H groups in total. The van der Waals surface area contributed by atoms with Crippen molar-refractivity contribution in [2.75, 3.05) is 6.61 Å². The van der Waals surface area contributed by atoms with Crippen LogP contribution in [0.15, 0.2) is 6.20 Å². The number of nitrogens with one attached hydrogen (secondary N) is 1. The van der Waals surface area contributed by atoms with E-state index in [0.29, 0.717) is 18.0 Å². The van der Waals surface area contributed by atoms with Crippen LogP contribution < -0.4 is 10.1 Å². The summed E-state index contributed by atoms with van der Waals surface area (Å²) in [5.74, 6) is 0.700. The van der Waals surface area contributed by atoms with Crippen molar-refractivity contribution in [2.24, 2.45) is 5.92 Å². The second-order valence-electron chi connectivity index (χ2n) is 5.76. The minimum absolute atomic E-state index is 0.470. The van der Waals surface area contributed by atoms with Crippen LogP contribution in [0.1, 0.15) is 50.8 Å². The second-order valence-corrected chi connectivity index (χ2v) is 5.76. The molecule has 1 aromatic heterocycles. The van der Waals surface area contributed by atoms with Gasteiger partial charge in [-0.3, -0.25) is 0 Å². The van der Waals surface area contributed by atoms with Crippen molar-refractivity contribution >= 4 is 0 Å². The topological polar surface area (TPSA) is 47.0 Å². The Morgan fingerprint density at radius 1 is 1.37 bits per heavy atom. The first-order chi connectivity index (χ1) is 9.15. The Morgan fingerprint density at radius 2 is 2.11 bits per heavy atom. The van der Waals surface area contributed by atoms with Crippen LogP contribution in [0.25, 0.3) is 0 Å². The fourth-order valence-electron chi connectivity index (χ4n) is 2.40. The van der Waals surface area contributed by atoms with Crippen LogP contribution in [0.5, 0.6) is 6.01 Å². The van der Waals surface area contributed by atoms with E-state index in [9.17, 15) is 0 Å². The molecule has 1 aromatic rings. The summed E-state index contributed by atoms with van der Waals surface area (Å²) in [4.78, 5) is 8.74. The van der Waals surface area contributed by atoms with E-state index in [0.717, 1.165) is 24.4 Å². The van der Waals surface area contributed by atoms with Crippen molar-refractivity contribution in [1.29, 1.82) is 0 Å². The average Bonchev–Trinajstić information content (AvgIpc) is 2.88. The normalized spacial score (nSPS) is 16.2. The number of rotatable bonds is 6. The van der Waals surface area contributed by atoms with Gasteiger partial charge in [0.05, 0.1) is 6.61 Å². The van der Waals surface area contributed by atoms with E-state index in [1.807, 2.05) is 13.1 Å². The molecule has 19 heavy (non-hydrogen) atoms. The molecule has 4 nitrogen and oxygen atoms in total. The first kappa shape index (κ1) is 14.3. The molecular formula is C15H25N3O. The summed E-state index contributed by atoms with van der Waals surface area (Å²) in [5, 5.41) is 3.38. The maximum absolute atomic E-state index is 5.71. The zero-order chi connectivity index (χ0) is 13.7. The zero-order valence-corrected chi connectivity index (χ0v) is 12.3. The molecule has 4 heteroatoms. The summed E-state index contributed by atoms with van der Waals surface area (Å²) < 4.78 is 5.71. The van der Waals surface area contributed by atoms with Gasteiger partial charge >= 0.3 is 6.01 Å². The third-order valence-electron chi connectivity index (χ3n) is 3.68. The molecule has 0 unspecified atom stereocenters. The van der Waals surface area contributed by atoms with Gasteiger partial charge in [-0.05, 0) is 25.7 Å². The van der Waals surface area contributed by atoms with E-state index in [1.165, 1.54) is 25.7 Å². The third kappa shape index (κ3) is 4.46. The molecule has 0 spiro atoms. The van der Waals surface area contributed by atoms with Crippen molar-refractivity contribution in [2.45, 2.75) is 59.0 Å². The highest BCUT2D eigenvalue weighted by Gasteiger charge is 2.16. The Balaban J connectivity index is 1.86. The van der Waals surface area contributed by atoms with Crippen LogP contribution in [-0.4, -0.2) is 22.6 Å². The molecular weight excluding hydrogens is 238 g/mol. The van der Waals surface area contributed by atoms with E-state index in [-0.39, 0.29) is 0 Å². The highest BCUT2D eigenvalue weighted by molar-refractivity contribution is 5.17.